The summed E-state index contributed by atoms with van der Waals surface area (Å²) in [6.45, 7) is 2.06. The summed E-state index contributed by atoms with van der Waals surface area (Å²) >= 11 is 13.5. The van der Waals surface area contributed by atoms with Crippen LogP contribution in [-0.2, 0) is 4.79 Å². The molecule has 3 nitrogen and oxygen atoms in total. The Hall–Kier alpha value is -0.290. The molecule has 2 rings (SSSR count). The van der Waals surface area contributed by atoms with Gasteiger partial charge in [-0.1, -0.05) is 36.0 Å². The maximum Gasteiger partial charge on any atom is 0.317 e. The molecule has 1 aromatic rings. The van der Waals surface area contributed by atoms with Crippen molar-refractivity contribution in [1.82, 2.24) is 4.90 Å². The van der Waals surface area contributed by atoms with Gasteiger partial charge >= 0.3 is 5.97 Å². The number of hydrogen-bond donors (Lipinski definition) is 1. The van der Waals surface area contributed by atoms with Gasteiger partial charge in [0.05, 0.1) is 15.2 Å². The van der Waals surface area contributed by atoms with Gasteiger partial charge in [0.25, 0.3) is 0 Å². The molecule has 0 spiro atoms. The van der Waals surface area contributed by atoms with Crippen LogP contribution in [0.2, 0.25) is 8.67 Å². The van der Waals surface area contributed by atoms with Crippen LogP contribution in [0, 0.1) is 0 Å². The van der Waals surface area contributed by atoms with E-state index in [0.29, 0.717) is 14.7 Å². The van der Waals surface area contributed by atoms with Crippen LogP contribution < -0.4 is 0 Å². The molecule has 1 aliphatic carbocycles. The fraction of sp³-hybridized carbons (Fsp3) is 0.615. The Morgan fingerprint density at radius 3 is 2.63 bits per heavy atom. The van der Waals surface area contributed by atoms with Crippen molar-refractivity contribution in [2.45, 2.75) is 44.7 Å². The third-order valence-electron chi connectivity index (χ3n) is 3.74. The van der Waals surface area contributed by atoms with Gasteiger partial charge in [-0.3, -0.25) is 9.69 Å². The first kappa shape index (κ1) is 15.1. The lowest BCUT2D eigenvalue weighted by Gasteiger charge is -2.33. The molecule has 1 aromatic heterocycles. The number of carboxylic acid groups (broad SMARTS) is 1. The summed E-state index contributed by atoms with van der Waals surface area (Å²) < 4.78 is 1.31. The summed E-state index contributed by atoms with van der Waals surface area (Å²) in [6.07, 6.45) is 4.47. The van der Waals surface area contributed by atoms with E-state index in [1.165, 1.54) is 24.2 Å². The zero-order valence-corrected chi connectivity index (χ0v) is 13.1. The Bertz CT molecular complexity index is 457. The van der Waals surface area contributed by atoms with Crippen molar-refractivity contribution in [2.24, 2.45) is 0 Å². The van der Waals surface area contributed by atoms with E-state index in [1.807, 2.05) is 17.9 Å². The molecule has 1 atom stereocenters. The Morgan fingerprint density at radius 2 is 2.16 bits per heavy atom. The number of hydrogen-bond acceptors (Lipinski definition) is 3. The molecule has 0 aliphatic heterocycles. The molecule has 0 aromatic carbocycles. The van der Waals surface area contributed by atoms with Crippen molar-refractivity contribution in [3.05, 3.63) is 20.3 Å². The van der Waals surface area contributed by atoms with E-state index in [1.54, 1.807) is 0 Å². The summed E-state index contributed by atoms with van der Waals surface area (Å²) in [6, 6.07) is 2.17. The molecular weight excluding hydrogens is 305 g/mol. The van der Waals surface area contributed by atoms with Gasteiger partial charge in [0.2, 0.25) is 0 Å². The predicted molar refractivity (Wildman–Crippen MR) is 79.4 cm³/mol. The fourth-order valence-corrected chi connectivity index (χ4v) is 4.42. The minimum atomic E-state index is -0.795. The third-order valence-corrected chi connectivity index (χ3v) is 5.26. The molecule has 1 unspecified atom stereocenters. The second-order valence-corrected chi connectivity index (χ2v) is 7.25. The SMILES string of the molecule is CC(c1cc(Cl)sc1Cl)N(CC(=O)O)C1CCCC1. The minimum absolute atomic E-state index is 0.0181. The van der Waals surface area contributed by atoms with Crippen molar-refractivity contribution >= 4 is 40.5 Å². The molecule has 0 bridgehead atoms. The number of thiophene rings is 1. The first-order valence-electron chi connectivity index (χ1n) is 6.41. The summed E-state index contributed by atoms with van der Waals surface area (Å²) in [7, 11) is 0. The lowest BCUT2D eigenvalue weighted by Crippen LogP contribution is -2.39. The van der Waals surface area contributed by atoms with Crippen LogP contribution in [0.15, 0.2) is 6.07 Å². The first-order valence-corrected chi connectivity index (χ1v) is 7.98. The third kappa shape index (κ3) is 3.63. The van der Waals surface area contributed by atoms with E-state index in [-0.39, 0.29) is 12.6 Å². The molecule has 1 N–H and O–H groups in total. The Labute approximate surface area is 127 Å². The van der Waals surface area contributed by atoms with Crippen LogP contribution in [0.5, 0.6) is 0 Å². The van der Waals surface area contributed by atoms with E-state index in [0.717, 1.165) is 18.4 Å². The van der Waals surface area contributed by atoms with E-state index in [9.17, 15) is 4.79 Å². The quantitative estimate of drug-likeness (QED) is 0.871. The van der Waals surface area contributed by atoms with E-state index < -0.39 is 5.97 Å². The minimum Gasteiger partial charge on any atom is -0.480 e. The molecule has 0 saturated heterocycles. The normalized spacial score (nSPS) is 18.1. The number of nitrogens with zero attached hydrogens (tertiary/aromatic N) is 1. The summed E-state index contributed by atoms with van der Waals surface area (Å²) in [5.41, 5.74) is 0.935. The molecule has 1 saturated carbocycles. The van der Waals surface area contributed by atoms with Gasteiger partial charge in [-0.2, -0.15) is 0 Å². The highest BCUT2D eigenvalue weighted by Crippen LogP contribution is 2.39. The van der Waals surface area contributed by atoms with Gasteiger partial charge in [0, 0.05) is 17.6 Å². The van der Waals surface area contributed by atoms with Gasteiger partial charge in [0.15, 0.2) is 0 Å². The van der Waals surface area contributed by atoms with Crippen molar-refractivity contribution in [3.63, 3.8) is 0 Å². The number of halogens is 2. The van der Waals surface area contributed by atoms with Crippen molar-refractivity contribution < 1.29 is 9.90 Å². The largest absolute Gasteiger partial charge is 0.480 e. The van der Waals surface area contributed by atoms with Crippen LogP contribution in [0.25, 0.3) is 0 Å². The fourth-order valence-electron chi connectivity index (χ4n) is 2.79. The van der Waals surface area contributed by atoms with Crippen molar-refractivity contribution in [1.29, 1.82) is 0 Å². The zero-order valence-electron chi connectivity index (χ0n) is 10.7. The maximum atomic E-state index is 11.1. The van der Waals surface area contributed by atoms with Crippen molar-refractivity contribution in [2.75, 3.05) is 6.54 Å². The molecular formula is C13H17Cl2NO2S. The predicted octanol–water partition coefficient (Wildman–Crippen LogP) is 4.45. The topological polar surface area (TPSA) is 40.5 Å². The van der Waals surface area contributed by atoms with Crippen LogP contribution in [-0.4, -0.2) is 28.6 Å². The molecule has 106 valence electrons. The van der Waals surface area contributed by atoms with E-state index >= 15 is 0 Å². The highest BCUT2D eigenvalue weighted by atomic mass is 35.5. The van der Waals surface area contributed by atoms with Gasteiger partial charge < -0.3 is 5.11 Å². The summed E-state index contributed by atoms with van der Waals surface area (Å²) in [5, 5.41) is 9.12. The number of aliphatic carboxylic acids is 1. The second-order valence-electron chi connectivity index (χ2n) is 4.96. The Morgan fingerprint density at radius 1 is 1.53 bits per heavy atom. The van der Waals surface area contributed by atoms with Crippen molar-refractivity contribution in [3.8, 4) is 0 Å². The monoisotopic (exact) mass is 321 g/mol. The molecule has 0 amide bonds. The zero-order chi connectivity index (χ0) is 14.0. The van der Waals surface area contributed by atoms with E-state index in [2.05, 4.69) is 0 Å². The number of carbonyl (C=O) groups is 1. The van der Waals surface area contributed by atoms with Gasteiger partial charge in [-0.25, -0.2) is 0 Å². The first-order chi connectivity index (χ1) is 8.99. The van der Waals surface area contributed by atoms with E-state index in [4.69, 9.17) is 28.3 Å². The summed E-state index contributed by atoms with van der Waals surface area (Å²) in [5.74, 6) is -0.795. The molecule has 1 aliphatic rings. The molecule has 19 heavy (non-hydrogen) atoms. The number of rotatable bonds is 5. The average Bonchev–Trinajstić information content (AvgIpc) is 2.94. The highest BCUT2D eigenvalue weighted by Gasteiger charge is 2.30. The maximum absolute atomic E-state index is 11.1. The molecule has 1 heterocycles. The van der Waals surface area contributed by atoms with Crippen LogP contribution in [0.4, 0.5) is 0 Å². The lowest BCUT2D eigenvalue weighted by atomic mass is 10.1. The molecule has 0 radical (unpaired) electrons. The molecule has 1 fully saturated rings. The Balaban J connectivity index is 2.21. The second kappa shape index (κ2) is 6.44. The number of carboxylic acids is 1. The van der Waals surface area contributed by atoms with Gasteiger partial charge in [-0.05, 0) is 25.8 Å². The molecule has 6 heteroatoms. The van der Waals surface area contributed by atoms with Crippen LogP contribution in [0.3, 0.4) is 0 Å². The van der Waals surface area contributed by atoms with Crippen LogP contribution >= 0.6 is 34.5 Å². The van der Waals surface area contributed by atoms with Crippen LogP contribution in [0.1, 0.15) is 44.2 Å². The van der Waals surface area contributed by atoms with Gasteiger partial charge in [0.1, 0.15) is 0 Å². The average molecular weight is 322 g/mol. The highest BCUT2D eigenvalue weighted by molar-refractivity contribution is 7.20. The Kier molecular flexibility index (Phi) is 5.12. The summed E-state index contributed by atoms with van der Waals surface area (Å²) in [4.78, 5) is 13.1. The van der Waals surface area contributed by atoms with Gasteiger partial charge in [-0.15, -0.1) is 11.3 Å². The standard InChI is InChI=1S/C13H17Cl2NO2S/c1-8(10-6-11(14)19-13(10)15)16(7-12(17)18)9-4-2-3-5-9/h6,8-9H,2-5,7H2,1H3,(H,17,18). The lowest BCUT2D eigenvalue weighted by molar-refractivity contribution is -0.139. The smallest absolute Gasteiger partial charge is 0.317 e.